The fourth-order valence-electron chi connectivity index (χ4n) is 4.50. The summed E-state index contributed by atoms with van der Waals surface area (Å²) < 4.78 is 15.2. The van der Waals surface area contributed by atoms with E-state index in [9.17, 15) is 19.5 Å². The van der Waals surface area contributed by atoms with E-state index in [0.717, 1.165) is 0 Å². The molecule has 35 heavy (non-hydrogen) atoms. The lowest BCUT2D eigenvalue weighted by Crippen LogP contribution is -2.51. The van der Waals surface area contributed by atoms with Crippen molar-refractivity contribution in [3.8, 4) is 0 Å². The largest absolute Gasteiger partial charge is 0.383 e. The zero-order valence-electron chi connectivity index (χ0n) is 22.1. The van der Waals surface area contributed by atoms with Crippen molar-refractivity contribution >= 4 is 17.6 Å². The number of Topliss-reactive ketones (excluding diaryl/α,β-unsaturated/α-hetero) is 1. The van der Waals surface area contributed by atoms with E-state index in [1.54, 1.807) is 39.5 Å². The zero-order chi connectivity index (χ0) is 26.2. The third kappa shape index (κ3) is 8.13. The van der Waals surface area contributed by atoms with Gasteiger partial charge in [-0.25, -0.2) is 4.39 Å². The predicted molar refractivity (Wildman–Crippen MR) is 135 cm³/mol. The molecule has 2 aliphatic rings. The SMILES string of the molecule is C1CCCCC1.CC(C)C(=O)CNC(=O)c1cccc(C2(O)CCCN(C(=O)C(C)(C)C)C2)c1F. The standard InChI is InChI=1S/C22H31FN2O4.C6H12/c1-14(2)17(26)12-24-19(27)15-8-6-9-16(18(15)23)22(29)10-7-11-25(13-22)20(28)21(3,4)5;1-2-4-6-5-3-1/h6,8-9,14,29H,7,10-13H2,1-5H3,(H,24,27);1-6H2. The summed E-state index contributed by atoms with van der Waals surface area (Å²) >= 11 is 0. The van der Waals surface area contributed by atoms with Gasteiger partial charge >= 0.3 is 0 Å². The lowest BCUT2D eigenvalue weighted by molar-refractivity contribution is -0.147. The first kappa shape index (κ1) is 29.0. The molecule has 2 fully saturated rings. The Morgan fingerprint density at radius 1 is 1.06 bits per heavy atom. The van der Waals surface area contributed by atoms with Crippen LogP contribution in [0.1, 0.15) is 102 Å². The van der Waals surface area contributed by atoms with E-state index in [1.165, 1.54) is 56.7 Å². The Labute approximate surface area is 209 Å². The molecular weight excluding hydrogens is 447 g/mol. The van der Waals surface area contributed by atoms with Crippen LogP contribution in [0.5, 0.6) is 0 Å². The van der Waals surface area contributed by atoms with Crippen molar-refractivity contribution in [2.45, 2.75) is 91.6 Å². The fraction of sp³-hybridized carbons (Fsp3) is 0.679. The molecule has 0 spiro atoms. The van der Waals surface area contributed by atoms with Gasteiger partial charge in [0.25, 0.3) is 5.91 Å². The van der Waals surface area contributed by atoms with Gasteiger partial charge in [-0.15, -0.1) is 0 Å². The first-order valence-corrected chi connectivity index (χ1v) is 13.0. The molecule has 6 nitrogen and oxygen atoms in total. The van der Waals surface area contributed by atoms with Gasteiger partial charge in [0.05, 0.1) is 18.7 Å². The van der Waals surface area contributed by atoms with Crippen molar-refractivity contribution in [3.63, 3.8) is 0 Å². The van der Waals surface area contributed by atoms with E-state index in [4.69, 9.17) is 0 Å². The number of rotatable bonds is 5. The highest BCUT2D eigenvalue weighted by molar-refractivity contribution is 5.97. The van der Waals surface area contributed by atoms with Crippen LogP contribution in [0, 0.1) is 17.2 Å². The summed E-state index contributed by atoms with van der Waals surface area (Å²) in [4.78, 5) is 38.3. The third-order valence-electron chi connectivity index (χ3n) is 6.71. The number of aliphatic hydroxyl groups is 1. The Morgan fingerprint density at radius 2 is 1.63 bits per heavy atom. The molecule has 0 bridgehead atoms. The van der Waals surface area contributed by atoms with Crippen molar-refractivity contribution in [2.75, 3.05) is 19.6 Å². The Balaban J connectivity index is 0.000000625. The lowest BCUT2D eigenvalue weighted by atomic mass is 9.83. The summed E-state index contributed by atoms with van der Waals surface area (Å²) in [6.45, 7) is 9.12. The number of amides is 2. The number of hydrogen-bond acceptors (Lipinski definition) is 4. The maximum Gasteiger partial charge on any atom is 0.254 e. The Kier molecular flexibility index (Phi) is 10.4. The van der Waals surface area contributed by atoms with Gasteiger partial charge in [0.15, 0.2) is 5.78 Å². The van der Waals surface area contributed by atoms with Crippen molar-refractivity contribution < 1.29 is 23.9 Å². The molecule has 1 aliphatic carbocycles. The predicted octanol–water partition coefficient (Wildman–Crippen LogP) is 4.98. The molecule has 1 unspecified atom stereocenters. The summed E-state index contributed by atoms with van der Waals surface area (Å²) in [7, 11) is 0. The van der Waals surface area contributed by atoms with E-state index in [0.29, 0.717) is 13.0 Å². The monoisotopic (exact) mass is 490 g/mol. The molecule has 2 amide bonds. The number of likely N-dealkylation sites (tertiary alicyclic amines) is 1. The Morgan fingerprint density at radius 3 is 2.14 bits per heavy atom. The van der Waals surface area contributed by atoms with Gasteiger partial charge in [0.1, 0.15) is 11.4 Å². The number of β-amino-alcohol motifs (C(OH)–C–C–N with tert-alkyl or cyclic N) is 1. The third-order valence-corrected chi connectivity index (χ3v) is 6.71. The summed E-state index contributed by atoms with van der Waals surface area (Å²) in [6.07, 6.45) is 9.81. The lowest BCUT2D eigenvalue weighted by Gasteiger charge is -2.41. The molecule has 1 saturated heterocycles. The number of benzene rings is 1. The van der Waals surface area contributed by atoms with Crippen molar-refractivity contribution in [2.24, 2.45) is 11.3 Å². The smallest absolute Gasteiger partial charge is 0.254 e. The molecule has 1 aromatic carbocycles. The summed E-state index contributed by atoms with van der Waals surface area (Å²) in [5, 5.41) is 13.6. The number of carbonyl (C=O) groups is 3. The summed E-state index contributed by atoms with van der Waals surface area (Å²) in [6, 6.07) is 4.26. The molecule has 1 aromatic rings. The van der Waals surface area contributed by atoms with Crippen LogP contribution in [0.15, 0.2) is 18.2 Å². The van der Waals surface area contributed by atoms with Crippen molar-refractivity contribution in [1.82, 2.24) is 10.2 Å². The quantitative estimate of drug-likeness (QED) is 0.610. The molecule has 1 saturated carbocycles. The van der Waals surface area contributed by atoms with Crippen LogP contribution < -0.4 is 5.32 Å². The normalized spacial score (nSPS) is 20.6. The van der Waals surface area contributed by atoms with Crippen molar-refractivity contribution in [3.05, 3.63) is 35.1 Å². The van der Waals surface area contributed by atoms with Crippen LogP contribution in [0.25, 0.3) is 0 Å². The second-order valence-corrected chi connectivity index (χ2v) is 11.2. The highest BCUT2D eigenvalue weighted by Gasteiger charge is 2.41. The van der Waals surface area contributed by atoms with Crippen LogP contribution >= 0.6 is 0 Å². The second-order valence-electron chi connectivity index (χ2n) is 11.2. The first-order valence-electron chi connectivity index (χ1n) is 13.0. The number of nitrogens with zero attached hydrogens (tertiary/aromatic N) is 1. The first-order chi connectivity index (χ1) is 16.4. The molecule has 3 rings (SSSR count). The number of piperidine rings is 1. The summed E-state index contributed by atoms with van der Waals surface area (Å²) in [5.41, 5.74) is -2.42. The molecule has 2 N–H and O–H groups in total. The maximum absolute atomic E-state index is 15.2. The van der Waals surface area contributed by atoms with E-state index in [-0.39, 0.29) is 48.2 Å². The molecule has 1 heterocycles. The Bertz CT molecular complexity index is 878. The van der Waals surface area contributed by atoms with E-state index < -0.39 is 22.7 Å². The molecule has 0 aromatic heterocycles. The number of ketones is 1. The zero-order valence-corrected chi connectivity index (χ0v) is 22.1. The highest BCUT2D eigenvalue weighted by atomic mass is 19.1. The molecule has 1 aliphatic heterocycles. The van der Waals surface area contributed by atoms with Crippen LogP contribution in [-0.2, 0) is 15.2 Å². The van der Waals surface area contributed by atoms with Gasteiger partial charge in [0.2, 0.25) is 5.91 Å². The van der Waals surface area contributed by atoms with Gasteiger partial charge in [-0.2, -0.15) is 0 Å². The highest BCUT2D eigenvalue weighted by Crippen LogP contribution is 2.35. The van der Waals surface area contributed by atoms with Gasteiger partial charge < -0.3 is 15.3 Å². The minimum absolute atomic E-state index is 0.00764. The second kappa shape index (κ2) is 12.6. The van der Waals surface area contributed by atoms with E-state index in [2.05, 4.69) is 5.32 Å². The number of halogens is 1. The maximum atomic E-state index is 15.2. The Hall–Kier alpha value is -2.28. The van der Waals surface area contributed by atoms with Gasteiger partial charge in [0, 0.05) is 23.4 Å². The molecular formula is C28H43FN2O4. The van der Waals surface area contributed by atoms with E-state index in [1.807, 2.05) is 0 Å². The van der Waals surface area contributed by atoms with E-state index >= 15 is 4.39 Å². The number of carbonyl (C=O) groups excluding carboxylic acids is 3. The van der Waals surface area contributed by atoms with Gasteiger partial charge in [-0.1, -0.05) is 85.3 Å². The number of hydrogen-bond donors (Lipinski definition) is 2. The van der Waals surface area contributed by atoms with Gasteiger partial charge in [-0.3, -0.25) is 14.4 Å². The number of nitrogens with one attached hydrogen (secondary N) is 1. The molecule has 196 valence electrons. The van der Waals surface area contributed by atoms with Crippen LogP contribution in [0.2, 0.25) is 0 Å². The van der Waals surface area contributed by atoms with Crippen LogP contribution in [-0.4, -0.2) is 47.2 Å². The van der Waals surface area contributed by atoms with Crippen LogP contribution in [0.4, 0.5) is 4.39 Å². The molecule has 7 heteroatoms. The minimum Gasteiger partial charge on any atom is -0.383 e. The minimum atomic E-state index is -1.58. The average molecular weight is 491 g/mol. The summed E-state index contributed by atoms with van der Waals surface area (Å²) in [5.74, 6) is -2.04. The molecule has 0 radical (unpaired) electrons. The van der Waals surface area contributed by atoms with Crippen molar-refractivity contribution in [1.29, 1.82) is 0 Å². The fourth-order valence-corrected chi connectivity index (χ4v) is 4.50. The van der Waals surface area contributed by atoms with Crippen LogP contribution in [0.3, 0.4) is 0 Å². The average Bonchev–Trinajstić information content (AvgIpc) is 2.82. The topological polar surface area (TPSA) is 86.7 Å². The molecule has 1 atom stereocenters. The van der Waals surface area contributed by atoms with Gasteiger partial charge in [-0.05, 0) is 18.9 Å².